The number of methoxy groups -OCH3 is 2. The Balaban J connectivity index is 2.02. The quantitative estimate of drug-likeness (QED) is 0.826. The highest BCUT2D eigenvalue weighted by Gasteiger charge is 2.12. The molecule has 0 heterocycles. The number of aryl methyl sites for hydroxylation is 1. The van der Waals surface area contributed by atoms with Crippen LogP contribution in [0.15, 0.2) is 36.4 Å². The summed E-state index contributed by atoms with van der Waals surface area (Å²) in [5, 5.41) is 3.75. The van der Waals surface area contributed by atoms with Crippen molar-refractivity contribution in [3.05, 3.63) is 52.0 Å². The van der Waals surface area contributed by atoms with Gasteiger partial charge in [0.05, 0.1) is 30.0 Å². The minimum Gasteiger partial charge on any atom is -0.493 e. The summed E-state index contributed by atoms with van der Waals surface area (Å²) in [5.41, 5.74) is 1.49. The average molecular weight is 354 g/mol. The van der Waals surface area contributed by atoms with Crippen molar-refractivity contribution >= 4 is 34.8 Å². The molecule has 1 N–H and O–H groups in total. The summed E-state index contributed by atoms with van der Waals surface area (Å²) < 4.78 is 10.4. The van der Waals surface area contributed by atoms with Crippen molar-refractivity contribution in [2.24, 2.45) is 0 Å². The third-order valence-corrected chi connectivity index (χ3v) is 3.89. The second-order valence-electron chi connectivity index (χ2n) is 4.84. The Bertz CT molecular complexity index is 704. The van der Waals surface area contributed by atoms with Gasteiger partial charge in [-0.25, -0.2) is 0 Å². The molecule has 1 amide bonds. The molecule has 4 nitrogen and oxygen atoms in total. The Morgan fingerprint density at radius 2 is 1.83 bits per heavy atom. The van der Waals surface area contributed by atoms with E-state index in [-0.39, 0.29) is 5.91 Å². The Kier molecular flexibility index (Phi) is 6.13. The second-order valence-corrected chi connectivity index (χ2v) is 5.66. The van der Waals surface area contributed by atoms with Gasteiger partial charge in [-0.3, -0.25) is 4.79 Å². The third-order valence-electron chi connectivity index (χ3n) is 3.28. The number of benzene rings is 2. The first-order chi connectivity index (χ1) is 11.0. The Hall–Kier alpha value is -1.91. The number of hydrogen-bond donors (Lipinski definition) is 1. The molecule has 2 rings (SSSR count). The zero-order chi connectivity index (χ0) is 16.8. The Morgan fingerprint density at radius 1 is 1.09 bits per heavy atom. The molecule has 0 aliphatic carbocycles. The SMILES string of the molecule is COc1cc(CCC(=O)Nc2ccccc2Cl)cc(Cl)c1OC. The van der Waals surface area contributed by atoms with Crippen LogP contribution in [0.3, 0.4) is 0 Å². The van der Waals surface area contributed by atoms with E-state index in [0.29, 0.717) is 40.1 Å². The number of rotatable bonds is 6. The molecule has 2 aromatic rings. The van der Waals surface area contributed by atoms with E-state index in [0.717, 1.165) is 5.56 Å². The van der Waals surface area contributed by atoms with Crippen LogP contribution in [-0.4, -0.2) is 20.1 Å². The van der Waals surface area contributed by atoms with Gasteiger partial charge in [-0.1, -0.05) is 35.3 Å². The van der Waals surface area contributed by atoms with Gasteiger partial charge in [-0.05, 0) is 36.2 Å². The normalized spacial score (nSPS) is 10.3. The van der Waals surface area contributed by atoms with Crippen LogP contribution in [0.25, 0.3) is 0 Å². The fraction of sp³-hybridized carbons (Fsp3) is 0.235. The number of anilines is 1. The molecule has 0 aliphatic rings. The maximum Gasteiger partial charge on any atom is 0.224 e. The van der Waals surface area contributed by atoms with E-state index in [9.17, 15) is 4.79 Å². The number of halogens is 2. The Labute approximate surface area is 145 Å². The van der Waals surface area contributed by atoms with Crippen LogP contribution in [0.2, 0.25) is 10.0 Å². The maximum atomic E-state index is 12.0. The van der Waals surface area contributed by atoms with E-state index in [1.807, 2.05) is 18.2 Å². The highest BCUT2D eigenvalue weighted by Crippen LogP contribution is 2.36. The lowest BCUT2D eigenvalue weighted by Crippen LogP contribution is -2.12. The van der Waals surface area contributed by atoms with Gasteiger partial charge in [0, 0.05) is 6.42 Å². The molecule has 0 aliphatic heterocycles. The number of nitrogens with one attached hydrogen (secondary N) is 1. The van der Waals surface area contributed by atoms with E-state index < -0.39 is 0 Å². The summed E-state index contributed by atoms with van der Waals surface area (Å²) in [5.74, 6) is 0.906. The molecule has 0 radical (unpaired) electrons. The molecule has 0 saturated heterocycles. The molecule has 0 spiro atoms. The van der Waals surface area contributed by atoms with Gasteiger partial charge in [0.25, 0.3) is 0 Å². The first-order valence-electron chi connectivity index (χ1n) is 7.00. The number of carbonyl (C=O) groups excluding carboxylic acids is 1. The molecular formula is C17H17Cl2NO3. The first kappa shape index (κ1) is 17.4. The van der Waals surface area contributed by atoms with Crippen molar-refractivity contribution in [1.29, 1.82) is 0 Å². The first-order valence-corrected chi connectivity index (χ1v) is 7.75. The fourth-order valence-corrected chi connectivity index (χ4v) is 2.64. The van der Waals surface area contributed by atoms with Gasteiger partial charge < -0.3 is 14.8 Å². The standard InChI is InChI=1S/C17H17Cl2NO3/c1-22-15-10-11(9-13(19)17(15)23-2)7-8-16(21)20-14-6-4-3-5-12(14)18/h3-6,9-10H,7-8H2,1-2H3,(H,20,21). The van der Waals surface area contributed by atoms with Crippen LogP contribution in [0.4, 0.5) is 5.69 Å². The summed E-state index contributed by atoms with van der Waals surface area (Å²) in [7, 11) is 3.07. The molecule has 122 valence electrons. The van der Waals surface area contributed by atoms with E-state index in [1.54, 1.807) is 25.3 Å². The molecule has 0 bridgehead atoms. The van der Waals surface area contributed by atoms with Crippen molar-refractivity contribution in [1.82, 2.24) is 0 Å². The molecule has 0 fully saturated rings. The number of hydrogen-bond acceptors (Lipinski definition) is 3. The monoisotopic (exact) mass is 353 g/mol. The molecule has 0 saturated carbocycles. The zero-order valence-electron chi connectivity index (χ0n) is 12.9. The van der Waals surface area contributed by atoms with E-state index >= 15 is 0 Å². The second kappa shape index (κ2) is 8.09. The van der Waals surface area contributed by atoms with Crippen molar-refractivity contribution < 1.29 is 14.3 Å². The van der Waals surface area contributed by atoms with Gasteiger partial charge in [0.15, 0.2) is 11.5 Å². The number of amides is 1. The smallest absolute Gasteiger partial charge is 0.224 e. The third kappa shape index (κ3) is 4.53. The van der Waals surface area contributed by atoms with Crippen LogP contribution in [0.5, 0.6) is 11.5 Å². The predicted octanol–water partition coefficient (Wildman–Crippen LogP) is 4.58. The lowest BCUT2D eigenvalue weighted by atomic mass is 10.1. The lowest BCUT2D eigenvalue weighted by Gasteiger charge is -2.12. The maximum absolute atomic E-state index is 12.0. The van der Waals surface area contributed by atoms with Gasteiger partial charge in [0.2, 0.25) is 5.91 Å². The molecule has 0 atom stereocenters. The van der Waals surface area contributed by atoms with Crippen LogP contribution >= 0.6 is 23.2 Å². The van der Waals surface area contributed by atoms with Crippen LogP contribution in [0.1, 0.15) is 12.0 Å². The Morgan fingerprint density at radius 3 is 2.48 bits per heavy atom. The molecule has 0 aromatic heterocycles. The molecule has 0 unspecified atom stereocenters. The van der Waals surface area contributed by atoms with Gasteiger partial charge >= 0.3 is 0 Å². The summed E-state index contributed by atoms with van der Waals surface area (Å²) >= 11 is 12.2. The van der Waals surface area contributed by atoms with Crippen LogP contribution in [0, 0.1) is 0 Å². The summed E-state index contributed by atoms with van der Waals surface area (Å²) in [6.45, 7) is 0. The van der Waals surface area contributed by atoms with Crippen molar-refractivity contribution in [2.45, 2.75) is 12.8 Å². The number of ether oxygens (including phenoxy) is 2. The van der Waals surface area contributed by atoms with E-state index in [1.165, 1.54) is 7.11 Å². The van der Waals surface area contributed by atoms with Crippen LogP contribution in [-0.2, 0) is 11.2 Å². The lowest BCUT2D eigenvalue weighted by molar-refractivity contribution is -0.116. The highest BCUT2D eigenvalue weighted by molar-refractivity contribution is 6.33. The van der Waals surface area contributed by atoms with E-state index in [2.05, 4.69) is 5.32 Å². The molecular weight excluding hydrogens is 337 g/mol. The summed E-state index contributed by atoms with van der Waals surface area (Å²) in [6.07, 6.45) is 0.827. The van der Waals surface area contributed by atoms with Crippen LogP contribution < -0.4 is 14.8 Å². The zero-order valence-corrected chi connectivity index (χ0v) is 14.4. The van der Waals surface area contributed by atoms with Gasteiger partial charge in [0.1, 0.15) is 0 Å². The largest absolute Gasteiger partial charge is 0.493 e. The van der Waals surface area contributed by atoms with Crippen molar-refractivity contribution in [3.8, 4) is 11.5 Å². The fourth-order valence-electron chi connectivity index (χ4n) is 2.15. The van der Waals surface area contributed by atoms with E-state index in [4.69, 9.17) is 32.7 Å². The average Bonchev–Trinajstić information content (AvgIpc) is 2.54. The van der Waals surface area contributed by atoms with Gasteiger partial charge in [-0.15, -0.1) is 0 Å². The molecule has 23 heavy (non-hydrogen) atoms. The molecule has 2 aromatic carbocycles. The van der Waals surface area contributed by atoms with Crippen molar-refractivity contribution in [2.75, 3.05) is 19.5 Å². The van der Waals surface area contributed by atoms with Gasteiger partial charge in [-0.2, -0.15) is 0 Å². The topological polar surface area (TPSA) is 47.6 Å². The minimum atomic E-state index is -0.121. The van der Waals surface area contributed by atoms with Crippen molar-refractivity contribution in [3.63, 3.8) is 0 Å². The highest BCUT2D eigenvalue weighted by atomic mass is 35.5. The number of carbonyl (C=O) groups is 1. The summed E-state index contributed by atoms with van der Waals surface area (Å²) in [6, 6.07) is 10.7. The minimum absolute atomic E-state index is 0.121. The number of para-hydroxylation sites is 1. The predicted molar refractivity (Wildman–Crippen MR) is 93.0 cm³/mol. The summed E-state index contributed by atoms with van der Waals surface area (Å²) in [4.78, 5) is 12.0. The molecule has 6 heteroatoms.